The van der Waals surface area contributed by atoms with Crippen molar-refractivity contribution in [2.24, 2.45) is 0 Å². The second-order valence-corrected chi connectivity index (χ2v) is 8.51. The predicted octanol–water partition coefficient (Wildman–Crippen LogP) is 4.95. The second-order valence-electron chi connectivity index (χ2n) is 7.13. The zero-order chi connectivity index (χ0) is 19.4. The van der Waals surface area contributed by atoms with Crippen LogP contribution in [0.1, 0.15) is 26.3 Å². The van der Waals surface area contributed by atoms with Gasteiger partial charge in [0.2, 0.25) is 5.91 Å². The van der Waals surface area contributed by atoms with Gasteiger partial charge < -0.3 is 5.32 Å². The second kappa shape index (κ2) is 8.15. The van der Waals surface area contributed by atoms with E-state index in [1.54, 1.807) is 12.4 Å². The van der Waals surface area contributed by atoms with Crippen LogP contribution >= 0.6 is 23.4 Å². The van der Waals surface area contributed by atoms with Crippen molar-refractivity contribution in [3.05, 3.63) is 65.4 Å². The van der Waals surface area contributed by atoms with Gasteiger partial charge in [-0.05, 0) is 41.3 Å². The minimum absolute atomic E-state index is 0.0861. The van der Waals surface area contributed by atoms with Crippen LogP contribution in [0.4, 0.5) is 5.69 Å². The van der Waals surface area contributed by atoms with Crippen molar-refractivity contribution < 1.29 is 4.79 Å². The number of nitrogens with zero attached hydrogens (tertiary/aromatic N) is 3. The minimum Gasteiger partial charge on any atom is -0.325 e. The zero-order valence-corrected chi connectivity index (χ0v) is 17.0. The van der Waals surface area contributed by atoms with Gasteiger partial charge in [-0.2, -0.15) is 0 Å². The molecule has 1 amide bonds. The van der Waals surface area contributed by atoms with Gasteiger partial charge >= 0.3 is 0 Å². The fourth-order valence-electron chi connectivity index (χ4n) is 2.51. The number of rotatable bonds is 5. The van der Waals surface area contributed by atoms with Gasteiger partial charge in [0, 0.05) is 10.7 Å². The number of halogens is 1. The minimum atomic E-state index is -0.0934. The molecule has 1 aromatic heterocycles. The first-order valence-corrected chi connectivity index (χ1v) is 9.88. The SMILES string of the molecule is CC(C)(C)c1ccc(NC(=O)CSc2nncn2-c2cccc(Cl)c2)cc1. The van der Waals surface area contributed by atoms with Crippen LogP contribution in [0.3, 0.4) is 0 Å². The smallest absolute Gasteiger partial charge is 0.234 e. The largest absolute Gasteiger partial charge is 0.325 e. The summed E-state index contributed by atoms with van der Waals surface area (Å²) in [6.07, 6.45) is 1.61. The van der Waals surface area contributed by atoms with Gasteiger partial charge in [0.1, 0.15) is 6.33 Å². The lowest BCUT2D eigenvalue weighted by Gasteiger charge is -2.19. The maximum atomic E-state index is 12.3. The summed E-state index contributed by atoms with van der Waals surface area (Å²) in [7, 11) is 0. The van der Waals surface area contributed by atoms with Crippen molar-refractivity contribution in [3.63, 3.8) is 0 Å². The first kappa shape index (κ1) is 19.5. The molecule has 7 heteroatoms. The number of aromatic nitrogens is 3. The summed E-state index contributed by atoms with van der Waals surface area (Å²) >= 11 is 7.37. The van der Waals surface area contributed by atoms with Crippen LogP contribution in [0.15, 0.2) is 60.0 Å². The molecule has 0 aliphatic heterocycles. The third-order valence-corrected chi connectivity index (χ3v) is 5.15. The molecule has 5 nitrogen and oxygen atoms in total. The van der Waals surface area contributed by atoms with Gasteiger partial charge in [-0.1, -0.05) is 62.3 Å². The summed E-state index contributed by atoms with van der Waals surface area (Å²) in [5.74, 6) is 0.143. The van der Waals surface area contributed by atoms with Crippen LogP contribution in [0.25, 0.3) is 5.69 Å². The van der Waals surface area contributed by atoms with Crippen LogP contribution in [-0.4, -0.2) is 26.4 Å². The Morgan fingerprint density at radius 2 is 1.93 bits per heavy atom. The molecule has 0 unspecified atom stereocenters. The van der Waals surface area contributed by atoms with E-state index in [1.165, 1.54) is 17.3 Å². The number of benzene rings is 2. The molecule has 0 radical (unpaired) electrons. The third kappa shape index (κ3) is 5.11. The summed E-state index contributed by atoms with van der Waals surface area (Å²) in [5.41, 5.74) is 2.95. The number of hydrogen-bond acceptors (Lipinski definition) is 4. The van der Waals surface area contributed by atoms with E-state index in [4.69, 9.17) is 11.6 Å². The van der Waals surface area contributed by atoms with Gasteiger partial charge in [0.15, 0.2) is 5.16 Å². The number of carbonyl (C=O) groups is 1. The molecule has 0 bridgehead atoms. The highest BCUT2D eigenvalue weighted by Gasteiger charge is 2.14. The molecule has 140 valence electrons. The van der Waals surface area contributed by atoms with E-state index in [0.717, 1.165) is 11.4 Å². The molecule has 0 saturated carbocycles. The summed E-state index contributed by atoms with van der Waals surface area (Å²) in [6.45, 7) is 6.48. The zero-order valence-electron chi connectivity index (χ0n) is 15.4. The number of amides is 1. The van der Waals surface area contributed by atoms with E-state index in [-0.39, 0.29) is 17.1 Å². The average Bonchev–Trinajstić information content (AvgIpc) is 3.08. The van der Waals surface area contributed by atoms with E-state index < -0.39 is 0 Å². The highest BCUT2D eigenvalue weighted by Crippen LogP contribution is 2.24. The van der Waals surface area contributed by atoms with E-state index in [1.807, 2.05) is 47.0 Å². The number of anilines is 1. The van der Waals surface area contributed by atoms with E-state index >= 15 is 0 Å². The molecule has 0 fully saturated rings. The Morgan fingerprint density at radius 3 is 2.59 bits per heavy atom. The van der Waals surface area contributed by atoms with Crippen molar-refractivity contribution in [2.45, 2.75) is 31.3 Å². The normalized spacial score (nSPS) is 11.4. The quantitative estimate of drug-likeness (QED) is 0.615. The molecule has 0 spiro atoms. The van der Waals surface area contributed by atoms with Crippen molar-refractivity contribution in [2.75, 3.05) is 11.1 Å². The Balaban J connectivity index is 1.61. The highest BCUT2D eigenvalue weighted by atomic mass is 35.5. The lowest BCUT2D eigenvalue weighted by atomic mass is 9.87. The molecule has 27 heavy (non-hydrogen) atoms. The van der Waals surface area contributed by atoms with Gasteiger partial charge in [0.25, 0.3) is 0 Å². The molecule has 3 aromatic rings. The van der Waals surface area contributed by atoms with Crippen LogP contribution in [-0.2, 0) is 10.2 Å². The van der Waals surface area contributed by atoms with Crippen molar-refractivity contribution in [3.8, 4) is 5.69 Å². The van der Waals surface area contributed by atoms with Gasteiger partial charge in [0.05, 0.1) is 11.4 Å². The summed E-state index contributed by atoms with van der Waals surface area (Å²) < 4.78 is 1.81. The van der Waals surface area contributed by atoms with Crippen molar-refractivity contribution >= 4 is 35.0 Å². The topological polar surface area (TPSA) is 59.8 Å². The molecule has 0 aliphatic carbocycles. The van der Waals surface area contributed by atoms with Gasteiger partial charge in [-0.15, -0.1) is 10.2 Å². The molecule has 0 aliphatic rings. The molecular formula is C20H21ClN4OS. The Bertz CT molecular complexity index is 932. The number of hydrogen-bond donors (Lipinski definition) is 1. The fraction of sp³-hybridized carbons (Fsp3) is 0.250. The lowest BCUT2D eigenvalue weighted by molar-refractivity contribution is -0.113. The van der Waals surface area contributed by atoms with Crippen LogP contribution in [0.5, 0.6) is 0 Å². The predicted molar refractivity (Wildman–Crippen MR) is 111 cm³/mol. The number of carbonyl (C=O) groups excluding carboxylic acids is 1. The lowest BCUT2D eigenvalue weighted by Crippen LogP contribution is -2.15. The Labute approximate surface area is 168 Å². The molecular weight excluding hydrogens is 380 g/mol. The molecule has 1 heterocycles. The van der Waals surface area contributed by atoms with Crippen molar-refractivity contribution in [1.29, 1.82) is 0 Å². The van der Waals surface area contributed by atoms with E-state index in [2.05, 4.69) is 36.3 Å². The molecule has 2 aromatic carbocycles. The maximum absolute atomic E-state index is 12.3. The van der Waals surface area contributed by atoms with Gasteiger partial charge in [-0.3, -0.25) is 9.36 Å². The maximum Gasteiger partial charge on any atom is 0.234 e. The first-order valence-electron chi connectivity index (χ1n) is 8.52. The van der Waals surface area contributed by atoms with Crippen molar-refractivity contribution in [1.82, 2.24) is 14.8 Å². The Kier molecular flexibility index (Phi) is 5.87. The monoisotopic (exact) mass is 400 g/mol. The molecule has 0 atom stereocenters. The first-order chi connectivity index (χ1) is 12.8. The third-order valence-electron chi connectivity index (χ3n) is 3.97. The summed E-state index contributed by atoms with van der Waals surface area (Å²) in [6, 6.07) is 15.3. The average molecular weight is 401 g/mol. The summed E-state index contributed by atoms with van der Waals surface area (Å²) in [4.78, 5) is 12.3. The molecule has 0 saturated heterocycles. The fourth-order valence-corrected chi connectivity index (χ4v) is 3.42. The van der Waals surface area contributed by atoms with Gasteiger partial charge in [-0.25, -0.2) is 0 Å². The standard InChI is InChI=1S/C20H21ClN4OS/c1-20(2,3)14-7-9-16(10-8-14)23-18(26)12-27-19-24-22-13-25(19)17-6-4-5-15(21)11-17/h4-11,13H,12H2,1-3H3,(H,23,26). The molecule has 3 rings (SSSR count). The highest BCUT2D eigenvalue weighted by molar-refractivity contribution is 7.99. The van der Waals surface area contributed by atoms with E-state index in [9.17, 15) is 4.79 Å². The van der Waals surface area contributed by atoms with Crippen LogP contribution in [0.2, 0.25) is 5.02 Å². The van der Waals surface area contributed by atoms with Crippen LogP contribution < -0.4 is 5.32 Å². The number of nitrogens with one attached hydrogen (secondary N) is 1. The Morgan fingerprint density at radius 1 is 1.19 bits per heavy atom. The van der Waals surface area contributed by atoms with Crippen LogP contribution in [0, 0.1) is 0 Å². The number of thioether (sulfide) groups is 1. The summed E-state index contributed by atoms with van der Waals surface area (Å²) in [5, 5.41) is 12.2. The molecule has 1 N–H and O–H groups in total. The van der Waals surface area contributed by atoms with E-state index in [0.29, 0.717) is 10.2 Å². The Hall–Kier alpha value is -2.31.